The third-order valence-corrected chi connectivity index (χ3v) is 5.71. The van der Waals surface area contributed by atoms with E-state index in [1.54, 1.807) is 18.1 Å². The highest BCUT2D eigenvalue weighted by Crippen LogP contribution is 2.52. The van der Waals surface area contributed by atoms with E-state index in [0.717, 1.165) is 12.1 Å². The quantitative estimate of drug-likeness (QED) is 0.590. The summed E-state index contributed by atoms with van der Waals surface area (Å²) in [6.45, 7) is 0.356. The maximum Gasteiger partial charge on any atom is 0.242 e. The van der Waals surface area contributed by atoms with Crippen LogP contribution in [0.2, 0.25) is 0 Å². The molecule has 4 unspecified atom stereocenters. The van der Waals surface area contributed by atoms with Gasteiger partial charge in [0.1, 0.15) is 6.54 Å². The number of allylic oxidation sites excluding steroid dienone is 2. The summed E-state index contributed by atoms with van der Waals surface area (Å²) in [6, 6.07) is 5.67. The number of carbonyl (C=O) groups is 3. The molecule has 4 atom stereocenters. The highest BCUT2D eigenvalue weighted by atomic mass is 16.2. The van der Waals surface area contributed by atoms with Gasteiger partial charge in [0.2, 0.25) is 17.7 Å². The normalized spacial score (nSPS) is 29.4. The summed E-state index contributed by atoms with van der Waals surface area (Å²) in [5.41, 5.74) is 0.910. The van der Waals surface area contributed by atoms with Crippen LogP contribution in [0.15, 0.2) is 36.5 Å². The van der Waals surface area contributed by atoms with Gasteiger partial charge in [-0.1, -0.05) is 18.2 Å². The molecule has 6 heteroatoms. The van der Waals surface area contributed by atoms with E-state index in [0.29, 0.717) is 13.0 Å². The number of hydrogen-bond donors (Lipinski definition) is 0. The second-order valence-electron chi connectivity index (χ2n) is 7.15. The predicted molar refractivity (Wildman–Crippen MR) is 90.0 cm³/mol. The summed E-state index contributed by atoms with van der Waals surface area (Å²) in [5, 5.41) is 0. The lowest BCUT2D eigenvalue weighted by Gasteiger charge is -2.21. The van der Waals surface area contributed by atoms with E-state index in [1.165, 1.54) is 4.90 Å². The van der Waals surface area contributed by atoms with Crippen molar-refractivity contribution in [2.45, 2.75) is 12.8 Å². The van der Waals surface area contributed by atoms with Crippen molar-refractivity contribution in [3.8, 4) is 0 Å². The number of aromatic nitrogens is 1. The molecule has 6 nitrogen and oxygen atoms in total. The predicted octanol–water partition coefficient (Wildman–Crippen LogP) is 0.890. The summed E-state index contributed by atoms with van der Waals surface area (Å²) >= 11 is 0. The van der Waals surface area contributed by atoms with Gasteiger partial charge in [0, 0.05) is 31.9 Å². The van der Waals surface area contributed by atoms with E-state index in [9.17, 15) is 14.4 Å². The van der Waals surface area contributed by atoms with Crippen LogP contribution in [0.5, 0.6) is 0 Å². The van der Waals surface area contributed by atoms with Gasteiger partial charge in [0.25, 0.3) is 0 Å². The van der Waals surface area contributed by atoms with Crippen LogP contribution >= 0.6 is 0 Å². The van der Waals surface area contributed by atoms with Crippen LogP contribution in [0.4, 0.5) is 0 Å². The fourth-order valence-electron chi connectivity index (χ4n) is 4.33. The van der Waals surface area contributed by atoms with Gasteiger partial charge in [0.15, 0.2) is 0 Å². The molecule has 1 aromatic rings. The Labute approximate surface area is 146 Å². The maximum atomic E-state index is 12.6. The first-order chi connectivity index (χ1) is 12.1. The lowest BCUT2D eigenvalue weighted by Crippen LogP contribution is -2.43. The fraction of sp³-hybridized carbons (Fsp3) is 0.474. The van der Waals surface area contributed by atoms with E-state index < -0.39 is 0 Å². The molecular weight excluding hydrogens is 318 g/mol. The van der Waals surface area contributed by atoms with Gasteiger partial charge in [-0.15, -0.1) is 0 Å². The molecule has 25 heavy (non-hydrogen) atoms. The number of hydrogen-bond acceptors (Lipinski definition) is 4. The van der Waals surface area contributed by atoms with Crippen molar-refractivity contribution < 1.29 is 14.4 Å². The SMILES string of the molecule is CN(CCc1ccccn1)C(=O)CN1C(=O)C2C3C=CC(C3)C2C1=O. The van der Waals surface area contributed by atoms with E-state index in [-0.39, 0.29) is 47.9 Å². The molecule has 0 N–H and O–H groups in total. The third kappa shape index (κ3) is 2.65. The molecule has 0 spiro atoms. The molecule has 1 saturated heterocycles. The number of amides is 3. The van der Waals surface area contributed by atoms with Gasteiger partial charge >= 0.3 is 0 Å². The highest BCUT2D eigenvalue weighted by Gasteiger charge is 2.59. The number of pyridine rings is 1. The lowest BCUT2D eigenvalue weighted by atomic mass is 9.85. The Morgan fingerprint density at radius 3 is 2.48 bits per heavy atom. The second kappa shape index (κ2) is 6.10. The number of fused-ring (bicyclic) bond motifs is 5. The Bertz CT molecular complexity index is 716. The van der Waals surface area contributed by atoms with Crippen LogP contribution in [0.1, 0.15) is 12.1 Å². The van der Waals surface area contributed by atoms with E-state index in [1.807, 2.05) is 18.2 Å². The molecule has 0 radical (unpaired) electrons. The van der Waals surface area contributed by atoms with Gasteiger partial charge < -0.3 is 4.90 Å². The van der Waals surface area contributed by atoms with Crippen LogP contribution in [0, 0.1) is 23.7 Å². The molecule has 3 amide bonds. The molecule has 3 aliphatic rings. The number of carbonyl (C=O) groups excluding carboxylic acids is 3. The summed E-state index contributed by atoms with van der Waals surface area (Å²) < 4.78 is 0. The van der Waals surface area contributed by atoms with Crippen molar-refractivity contribution in [1.82, 2.24) is 14.8 Å². The third-order valence-electron chi connectivity index (χ3n) is 5.71. The Kier molecular flexibility index (Phi) is 3.90. The fourth-order valence-corrected chi connectivity index (χ4v) is 4.33. The summed E-state index contributed by atoms with van der Waals surface area (Å²) in [6.07, 6.45) is 7.38. The molecule has 130 valence electrons. The lowest BCUT2D eigenvalue weighted by molar-refractivity contribution is -0.146. The van der Waals surface area contributed by atoms with Crippen molar-refractivity contribution in [3.63, 3.8) is 0 Å². The van der Waals surface area contributed by atoms with Gasteiger partial charge in [-0.05, 0) is 30.4 Å². The zero-order valence-electron chi connectivity index (χ0n) is 14.2. The monoisotopic (exact) mass is 339 g/mol. The second-order valence-corrected chi connectivity index (χ2v) is 7.15. The first-order valence-electron chi connectivity index (χ1n) is 8.73. The van der Waals surface area contributed by atoms with E-state index >= 15 is 0 Å². The smallest absolute Gasteiger partial charge is 0.242 e. The molecule has 0 aromatic carbocycles. The standard InChI is InChI=1S/C19H21N3O3/c1-21(9-7-14-4-2-3-8-20-14)15(23)11-22-18(24)16-12-5-6-13(10-12)17(16)19(22)25/h2-6,8,12-13,16-17H,7,9-11H2,1H3. The summed E-state index contributed by atoms with van der Waals surface area (Å²) in [5.74, 6) is -0.681. The first kappa shape index (κ1) is 16.0. The summed E-state index contributed by atoms with van der Waals surface area (Å²) in [4.78, 5) is 44.7. The van der Waals surface area contributed by atoms with Gasteiger partial charge in [-0.2, -0.15) is 0 Å². The molecule has 1 aromatic heterocycles. The zero-order valence-corrected chi connectivity index (χ0v) is 14.2. The highest BCUT2D eigenvalue weighted by molar-refractivity contribution is 6.08. The van der Waals surface area contributed by atoms with Crippen molar-refractivity contribution in [1.29, 1.82) is 0 Å². The average molecular weight is 339 g/mol. The van der Waals surface area contributed by atoms with Crippen LogP contribution in [0.3, 0.4) is 0 Å². The van der Waals surface area contributed by atoms with Crippen LogP contribution in [-0.2, 0) is 20.8 Å². The molecule has 2 bridgehead atoms. The topological polar surface area (TPSA) is 70.6 Å². The number of nitrogens with zero attached hydrogens (tertiary/aromatic N) is 3. The minimum Gasteiger partial charge on any atom is -0.344 e. The van der Waals surface area contributed by atoms with Gasteiger partial charge in [0.05, 0.1) is 11.8 Å². The Morgan fingerprint density at radius 2 is 1.88 bits per heavy atom. The van der Waals surface area contributed by atoms with Crippen molar-refractivity contribution in [2.24, 2.45) is 23.7 Å². The summed E-state index contributed by atoms with van der Waals surface area (Å²) in [7, 11) is 1.70. The molecule has 4 rings (SSSR count). The first-order valence-corrected chi connectivity index (χ1v) is 8.73. The number of imide groups is 1. The van der Waals surface area contributed by atoms with Gasteiger partial charge in [-0.3, -0.25) is 24.3 Å². The Balaban J connectivity index is 1.36. The van der Waals surface area contributed by atoms with E-state index in [2.05, 4.69) is 17.1 Å². The minimum absolute atomic E-state index is 0.150. The number of likely N-dealkylation sites (tertiary alicyclic amines) is 1. The van der Waals surface area contributed by atoms with Crippen LogP contribution in [0.25, 0.3) is 0 Å². The van der Waals surface area contributed by atoms with Gasteiger partial charge in [-0.25, -0.2) is 0 Å². The Morgan fingerprint density at radius 1 is 1.20 bits per heavy atom. The van der Waals surface area contributed by atoms with Crippen LogP contribution in [-0.4, -0.2) is 52.6 Å². The average Bonchev–Trinajstić information content (AvgIpc) is 3.30. The van der Waals surface area contributed by atoms with Crippen molar-refractivity contribution in [3.05, 3.63) is 42.2 Å². The molecule has 1 saturated carbocycles. The molecule has 2 fully saturated rings. The van der Waals surface area contributed by atoms with E-state index in [4.69, 9.17) is 0 Å². The van der Waals surface area contributed by atoms with Crippen molar-refractivity contribution in [2.75, 3.05) is 20.1 Å². The maximum absolute atomic E-state index is 12.6. The molecule has 2 aliphatic carbocycles. The van der Waals surface area contributed by atoms with Crippen LogP contribution < -0.4 is 0 Å². The molecule has 1 aliphatic heterocycles. The number of likely N-dealkylation sites (N-methyl/N-ethyl adjacent to an activating group) is 1. The Hall–Kier alpha value is -2.50. The zero-order chi connectivity index (χ0) is 17.6. The number of rotatable bonds is 5. The van der Waals surface area contributed by atoms with Crippen molar-refractivity contribution >= 4 is 17.7 Å². The molecule has 2 heterocycles. The largest absolute Gasteiger partial charge is 0.344 e. The molecular formula is C19H21N3O3. The minimum atomic E-state index is -0.242.